The molecule has 86 valence electrons. The highest BCUT2D eigenvalue weighted by Crippen LogP contribution is 2.31. The Morgan fingerprint density at radius 1 is 1.25 bits per heavy atom. The van der Waals surface area contributed by atoms with E-state index in [2.05, 4.69) is 50.3 Å². The smallest absolute Gasteiger partial charge is 0.450 e. The molecule has 0 heterocycles. The minimum atomic E-state index is -1.83. The quantitative estimate of drug-likeness (QED) is 0.659. The van der Waals surface area contributed by atoms with Crippen molar-refractivity contribution < 1.29 is 15.0 Å². The van der Waals surface area contributed by atoms with Gasteiger partial charge in [-0.05, 0) is 17.5 Å². The van der Waals surface area contributed by atoms with Crippen LogP contribution in [-0.2, 0) is 11.8 Å². The lowest BCUT2D eigenvalue weighted by molar-refractivity contribution is 0.137. The average Bonchev–Trinajstić information content (AvgIpc) is 2.16. The number of hydrogen-bond acceptors (Lipinski definition) is 1. The largest absolute Gasteiger partial charge is 0.503 e. The zero-order valence-electron chi connectivity index (χ0n) is 9.47. The topological polar surface area (TPSA) is 57.5 Å². The number of allylic oxidation sites excluding steroid dienone is 2. The van der Waals surface area contributed by atoms with Gasteiger partial charge in [-0.25, -0.2) is 4.79 Å². The first-order valence-corrected chi connectivity index (χ1v) is 5.11. The van der Waals surface area contributed by atoms with Crippen LogP contribution >= 0.6 is 0 Å². The highest BCUT2D eigenvalue weighted by atomic mass is 16.6. The maximum atomic E-state index is 8.56. The summed E-state index contributed by atoms with van der Waals surface area (Å²) in [6.45, 7) is 4.53. The summed E-state index contributed by atoms with van der Waals surface area (Å²) in [5.74, 6) is 0. The van der Waals surface area contributed by atoms with Crippen molar-refractivity contribution in [2.75, 3.05) is 0 Å². The molecule has 0 saturated heterocycles. The van der Waals surface area contributed by atoms with Crippen molar-refractivity contribution in [1.29, 1.82) is 0 Å². The predicted octanol–water partition coefficient (Wildman–Crippen LogP) is 3.30. The van der Waals surface area contributed by atoms with E-state index in [1.165, 1.54) is 11.1 Å². The van der Waals surface area contributed by atoms with Gasteiger partial charge in [0.15, 0.2) is 0 Å². The van der Waals surface area contributed by atoms with Gasteiger partial charge in [0.05, 0.1) is 0 Å². The molecule has 1 aliphatic carbocycles. The fourth-order valence-electron chi connectivity index (χ4n) is 1.90. The van der Waals surface area contributed by atoms with Crippen LogP contribution in [0.4, 0.5) is 4.79 Å². The third-order valence-corrected chi connectivity index (χ3v) is 2.58. The molecule has 0 bridgehead atoms. The van der Waals surface area contributed by atoms with Crippen molar-refractivity contribution in [1.82, 2.24) is 0 Å². The number of rotatable bonds is 0. The van der Waals surface area contributed by atoms with Crippen LogP contribution in [-0.4, -0.2) is 16.4 Å². The third kappa shape index (κ3) is 3.12. The van der Waals surface area contributed by atoms with E-state index >= 15 is 0 Å². The Balaban J connectivity index is 0.000000280. The predicted molar refractivity (Wildman–Crippen MR) is 63.0 cm³/mol. The van der Waals surface area contributed by atoms with E-state index in [-0.39, 0.29) is 5.41 Å². The molecule has 2 rings (SSSR count). The first-order valence-electron chi connectivity index (χ1n) is 5.11. The fraction of sp³-hybridized carbons (Fsp3) is 0.308. The minimum absolute atomic E-state index is 0.231. The van der Waals surface area contributed by atoms with Crippen LogP contribution in [0.25, 0.3) is 0 Å². The van der Waals surface area contributed by atoms with Gasteiger partial charge in [-0.2, -0.15) is 0 Å². The summed E-state index contributed by atoms with van der Waals surface area (Å²) in [4.78, 5) is 8.56. The highest BCUT2D eigenvalue weighted by molar-refractivity contribution is 5.53. The summed E-state index contributed by atoms with van der Waals surface area (Å²) < 4.78 is 0. The number of benzene rings is 1. The maximum absolute atomic E-state index is 8.56. The molecule has 16 heavy (non-hydrogen) atoms. The van der Waals surface area contributed by atoms with Gasteiger partial charge < -0.3 is 10.2 Å². The lowest BCUT2D eigenvalue weighted by Gasteiger charge is -2.27. The zero-order valence-corrected chi connectivity index (χ0v) is 9.47. The van der Waals surface area contributed by atoms with Crippen molar-refractivity contribution in [2.24, 2.45) is 0 Å². The van der Waals surface area contributed by atoms with Gasteiger partial charge in [-0.15, -0.1) is 0 Å². The minimum Gasteiger partial charge on any atom is -0.450 e. The molecule has 1 aliphatic rings. The molecule has 1 aromatic rings. The molecule has 3 nitrogen and oxygen atoms in total. The van der Waals surface area contributed by atoms with Gasteiger partial charge in [-0.3, -0.25) is 0 Å². The summed E-state index contributed by atoms with van der Waals surface area (Å²) >= 11 is 0. The summed E-state index contributed by atoms with van der Waals surface area (Å²) in [5.41, 5.74) is 3.19. The maximum Gasteiger partial charge on any atom is 0.503 e. The normalized spacial score (nSPS) is 15.6. The number of fused-ring (bicyclic) bond motifs is 1. The lowest BCUT2D eigenvalue weighted by Crippen LogP contribution is -2.18. The van der Waals surface area contributed by atoms with Crippen LogP contribution in [0.2, 0.25) is 0 Å². The molecule has 1 aromatic carbocycles. The Hall–Kier alpha value is -1.77. The highest BCUT2D eigenvalue weighted by Gasteiger charge is 2.21. The van der Waals surface area contributed by atoms with Gasteiger partial charge in [-0.1, -0.05) is 50.3 Å². The Morgan fingerprint density at radius 3 is 2.38 bits per heavy atom. The molecule has 0 aromatic heterocycles. The van der Waals surface area contributed by atoms with Gasteiger partial charge in [0, 0.05) is 5.41 Å². The Kier molecular flexibility index (Phi) is 3.72. The number of carboxylic acid groups (broad SMARTS) is 2. The molecule has 3 heteroatoms. The van der Waals surface area contributed by atoms with Crippen LogP contribution < -0.4 is 0 Å². The van der Waals surface area contributed by atoms with Gasteiger partial charge in [0.1, 0.15) is 0 Å². The molecular formula is C13H16O3. The molecule has 0 radical (unpaired) electrons. The third-order valence-electron chi connectivity index (χ3n) is 2.58. The van der Waals surface area contributed by atoms with Crippen LogP contribution in [0.15, 0.2) is 36.4 Å². The Morgan fingerprint density at radius 2 is 1.81 bits per heavy atom. The standard InChI is InChI=1S/C12H14.CH2O3/c1-12(2)9-5-7-10-6-3-4-8-11(10)12;2-1(3)4/h3-6,8-9H,7H2,1-2H3;(H2,2,3,4). The number of hydrogen-bond donors (Lipinski definition) is 2. The first kappa shape index (κ1) is 12.3. The molecule has 0 amide bonds. The molecule has 0 aliphatic heterocycles. The molecule has 0 atom stereocenters. The van der Waals surface area contributed by atoms with E-state index < -0.39 is 6.16 Å². The number of carbonyl (C=O) groups is 1. The van der Waals surface area contributed by atoms with Crippen LogP contribution in [0.3, 0.4) is 0 Å². The van der Waals surface area contributed by atoms with Crippen molar-refractivity contribution in [3.8, 4) is 0 Å². The van der Waals surface area contributed by atoms with Crippen molar-refractivity contribution >= 4 is 6.16 Å². The molecular weight excluding hydrogens is 204 g/mol. The average molecular weight is 220 g/mol. The van der Waals surface area contributed by atoms with E-state index in [1.807, 2.05) is 0 Å². The molecule has 0 saturated carbocycles. The summed E-state index contributed by atoms with van der Waals surface area (Å²) in [5, 5.41) is 13.9. The lowest BCUT2D eigenvalue weighted by atomic mass is 9.77. The zero-order chi connectivity index (χ0) is 12.2. The van der Waals surface area contributed by atoms with E-state index in [9.17, 15) is 0 Å². The fourth-order valence-corrected chi connectivity index (χ4v) is 1.90. The molecule has 2 N–H and O–H groups in total. The van der Waals surface area contributed by atoms with E-state index in [4.69, 9.17) is 15.0 Å². The molecule has 0 fully saturated rings. The summed E-state index contributed by atoms with van der Waals surface area (Å²) in [6.07, 6.45) is 3.83. The SMILES string of the molecule is CC1(C)C=CCc2ccccc21.O=C(O)O. The summed E-state index contributed by atoms with van der Waals surface area (Å²) in [6, 6.07) is 8.70. The second-order valence-corrected chi connectivity index (χ2v) is 4.27. The molecule has 0 unspecified atom stereocenters. The van der Waals surface area contributed by atoms with Crippen LogP contribution in [0, 0.1) is 0 Å². The van der Waals surface area contributed by atoms with Crippen molar-refractivity contribution in [3.05, 3.63) is 47.5 Å². The van der Waals surface area contributed by atoms with Crippen LogP contribution in [0.1, 0.15) is 25.0 Å². The molecule has 0 spiro atoms. The van der Waals surface area contributed by atoms with E-state index in [0.29, 0.717) is 0 Å². The van der Waals surface area contributed by atoms with Gasteiger partial charge >= 0.3 is 6.16 Å². The monoisotopic (exact) mass is 220 g/mol. The van der Waals surface area contributed by atoms with E-state index in [0.717, 1.165) is 6.42 Å². The van der Waals surface area contributed by atoms with Crippen molar-refractivity contribution in [3.63, 3.8) is 0 Å². The first-order chi connectivity index (χ1) is 7.43. The Bertz CT molecular complexity index is 401. The van der Waals surface area contributed by atoms with Gasteiger partial charge in [0.2, 0.25) is 0 Å². The summed E-state index contributed by atoms with van der Waals surface area (Å²) in [7, 11) is 0. The van der Waals surface area contributed by atoms with E-state index in [1.54, 1.807) is 0 Å². The Labute approximate surface area is 95.0 Å². The van der Waals surface area contributed by atoms with Crippen LogP contribution in [0.5, 0.6) is 0 Å². The second-order valence-electron chi connectivity index (χ2n) is 4.27. The second kappa shape index (κ2) is 4.84. The van der Waals surface area contributed by atoms with Crippen molar-refractivity contribution in [2.45, 2.75) is 25.7 Å². The van der Waals surface area contributed by atoms with Gasteiger partial charge in [0.25, 0.3) is 0 Å².